The van der Waals surface area contributed by atoms with Crippen molar-refractivity contribution in [2.75, 3.05) is 19.6 Å². The standard InChI is InChI=1S/C17H28N4O3/c1-3-16(2)14(23)21(15(24)18-16)19-13(22)11-20-10-9-17(12-20)7-5-4-6-8-17/h3-12H2,1-2H3,(H,18,24)(H,19,22). The van der Waals surface area contributed by atoms with Crippen molar-refractivity contribution in [3.8, 4) is 0 Å². The molecule has 2 heterocycles. The van der Waals surface area contributed by atoms with Crippen LogP contribution in [0.4, 0.5) is 4.79 Å². The molecule has 0 aromatic heterocycles. The molecule has 134 valence electrons. The quantitative estimate of drug-likeness (QED) is 0.760. The van der Waals surface area contributed by atoms with Gasteiger partial charge in [0, 0.05) is 6.54 Å². The number of carbonyl (C=O) groups is 3. The van der Waals surface area contributed by atoms with Crippen molar-refractivity contribution < 1.29 is 14.4 Å². The lowest BCUT2D eigenvalue weighted by Crippen LogP contribution is -2.51. The Kier molecular flexibility index (Phi) is 4.55. The fourth-order valence-electron chi connectivity index (χ4n) is 4.26. The van der Waals surface area contributed by atoms with E-state index in [1.165, 1.54) is 32.1 Å². The zero-order valence-electron chi connectivity index (χ0n) is 14.7. The van der Waals surface area contributed by atoms with Crippen LogP contribution in [-0.4, -0.2) is 52.9 Å². The number of hydrogen-bond acceptors (Lipinski definition) is 4. The molecule has 1 atom stereocenters. The number of nitrogens with one attached hydrogen (secondary N) is 2. The van der Waals surface area contributed by atoms with Crippen LogP contribution in [0.2, 0.25) is 0 Å². The van der Waals surface area contributed by atoms with Crippen LogP contribution in [0.1, 0.15) is 58.8 Å². The molecule has 24 heavy (non-hydrogen) atoms. The SMILES string of the molecule is CCC1(C)NC(=O)N(NC(=O)CN2CCC3(CCCCC3)C2)C1=O. The van der Waals surface area contributed by atoms with E-state index < -0.39 is 17.5 Å². The third-order valence-electron chi connectivity index (χ3n) is 6.00. The van der Waals surface area contributed by atoms with E-state index in [0.29, 0.717) is 11.8 Å². The molecule has 2 aliphatic heterocycles. The van der Waals surface area contributed by atoms with E-state index in [1.807, 2.05) is 6.92 Å². The topological polar surface area (TPSA) is 81.8 Å². The number of imide groups is 1. The van der Waals surface area contributed by atoms with Crippen LogP contribution in [0, 0.1) is 5.41 Å². The van der Waals surface area contributed by atoms with Gasteiger partial charge in [-0.1, -0.05) is 26.2 Å². The average molecular weight is 336 g/mol. The number of carbonyl (C=O) groups excluding carboxylic acids is 3. The molecule has 3 aliphatic rings. The van der Waals surface area contributed by atoms with Gasteiger partial charge >= 0.3 is 6.03 Å². The maximum atomic E-state index is 12.3. The third kappa shape index (κ3) is 3.14. The molecule has 1 saturated carbocycles. The molecule has 7 nitrogen and oxygen atoms in total. The normalized spacial score (nSPS) is 30.0. The van der Waals surface area contributed by atoms with Crippen LogP contribution >= 0.6 is 0 Å². The molecule has 1 spiro atoms. The fraction of sp³-hybridized carbons (Fsp3) is 0.824. The zero-order chi connectivity index (χ0) is 17.4. The predicted molar refractivity (Wildman–Crippen MR) is 88.8 cm³/mol. The van der Waals surface area contributed by atoms with Crippen molar-refractivity contribution in [2.45, 2.75) is 64.3 Å². The predicted octanol–water partition coefficient (Wildman–Crippen LogP) is 1.39. The van der Waals surface area contributed by atoms with Crippen molar-refractivity contribution in [1.82, 2.24) is 20.7 Å². The van der Waals surface area contributed by atoms with Gasteiger partial charge in [0.2, 0.25) is 0 Å². The first-order chi connectivity index (χ1) is 11.4. The average Bonchev–Trinajstić information content (AvgIpc) is 3.02. The Balaban J connectivity index is 1.53. The van der Waals surface area contributed by atoms with Gasteiger partial charge in [0.15, 0.2) is 0 Å². The number of hydrogen-bond donors (Lipinski definition) is 2. The molecular formula is C17H28N4O3. The van der Waals surface area contributed by atoms with E-state index in [-0.39, 0.29) is 12.5 Å². The number of likely N-dealkylation sites (tertiary alicyclic amines) is 1. The highest BCUT2D eigenvalue weighted by Crippen LogP contribution is 2.43. The Labute approximate surface area is 143 Å². The second-order valence-electron chi connectivity index (χ2n) is 7.81. The molecule has 4 amide bonds. The number of hydrazine groups is 1. The number of nitrogens with zero attached hydrogens (tertiary/aromatic N) is 2. The molecule has 0 aromatic rings. The van der Waals surface area contributed by atoms with Gasteiger partial charge in [-0.3, -0.25) is 19.9 Å². The first kappa shape index (κ1) is 17.2. The van der Waals surface area contributed by atoms with Gasteiger partial charge in [-0.25, -0.2) is 4.79 Å². The molecule has 2 saturated heterocycles. The van der Waals surface area contributed by atoms with Crippen LogP contribution < -0.4 is 10.7 Å². The minimum absolute atomic E-state index is 0.238. The van der Waals surface area contributed by atoms with Crippen LogP contribution in [0.3, 0.4) is 0 Å². The van der Waals surface area contributed by atoms with E-state index in [1.54, 1.807) is 6.92 Å². The third-order valence-corrected chi connectivity index (χ3v) is 6.00. The summed E-state index contributed by atoms with van der Waals surface area (Å²) < 4.78 is 0. The maximum Gasteiger partial charge on any atom is 0.344 e. The van der Waals surface area contributed by atoms with E-state index in [9.17, 15) is 14.4 Å². The summed E-state index contributed by atoms with van der Waals surface area (Å²) in [4.78, 5) is 38.7. The number of rotatable bonds is 4. The Morgan fingerprint density at radius 3 is 2.54 bits per heavy atom. The van der Waals surface area contributed by atoms with E-state index >= 15 is 0 Å². The summed E-state index contributed by atoms with van der Waals surface area (Å²) >= 11 is 0. The number of amides is 4. The summed E-state index contributed by atoms with van der Waals surface area (Å²) in [5, 5.41) is 3.47. The molecule has 1 unspecified atom stereocenters. The van der Waals surface area contributed by atoms with Crippen LogP contribution in [0.25, 0.3) is 0 Å². The van der Waals surface area contributed by atoms with Crippen LogP contribution in [0.5, 0.6) is 0 Å². The maximum absolute atomic E-state index is 12.3. The number of urea groups is 1. The molecule has 1 aliphatic carbocycles. The first-order valence-electron chi connectivity index (χ1n) is 9.06. The largest absolute Gasteiger partial charge is 0.344 e. The summed E-state index contributed by atoms with van der Waals surface area (Å²) in [6, 6.07) is -0.553. The highest BCUT2D eigenvalue weighted by Gasteiger charge is 2.47. The van der Waals surface area contributed by atoms with Gasteiger partial charge < -0.3 is 5.32 Å². The second-order valence-corrected chi connectivity index (χ2v) is 7.81. The lowest BCUT2D eigenvalue weighted by Gasteiger charge is -2.33. The van der Waals surface area contributed by atoms with Gasteiger partial charge in [-0.2, -0.15) is 5.01 Å². The summed E-state index contributed by atoms with van der Waals surface area (Å²) in [6.45, 7) is 5.61. The summed E-state index contributed by atoms with van der Waals surface area (Å²) in [6.07, 6.45) is 8.05. The minimum Gasteiger partial charge on any atom is -0.322 e. The highest BCUT2D eigenvalue weighted by atomic mass is 16.2. The zero-order valence-corrected chi connectivity index (χ0v) is 14.7. The molecule has 0 bridgehead atoms. The van der Waals surface area contributed by atoms with Gasteiger partial charge in [0.05, 0.1) is 6.54 Å². The second kappa shape index (κ2) is 6.35. The van der Waals surface area contributed by atoms with E-state index in [2.05, 4.69) is 15.6 Å². The summed E-state index contributed by atoms with van der Waals surface area (Å²) in [7, 11) is 0. The Hall–Kier alpha value is -1.63. The van der Waals surface area contributed by atoms with Crippen molar-refractivity contribution in [3.63, 3.8) is 0 Å². The lowest BCUT2D eigenvalue weighted by molar-refractivity contribution is -0.139. The van der Waals surface area contributed by atoms with Crippen molar-refractivity contribution in [2.24, 2.45) is 5.41 Å². The molecule has 3 fully saturated rings. The van der Waals surface area contributed by atoms with Gasteiger partial charge in [-0.15, -0.1) is 0 Å². The van der Waals surface area contributed by atoms with Gasteiger partial charge in [-0.05, 0) is 44.6 Å². The molecule has 2 N–H and O–H groups in total. The van der Waals surface area contributed by atoms with Crippen LogP contribution in [-0.2, 0) is 9.59 Å². The van der Waals surface area contributed by atoms with E-state index in [0.717, 1.165) is 24.5 Å². The Bertz CT molecular complexity index is 544. The molecule has 3 rings (SSSR count). The van der Waals surface area contributed by atoms with Gasteiger partial charge in [0.1, 0.15) is 5.54 Å². The van der Waals surface area contributed by atoms with Crippen molar-refractivity contribution in [3.05, 3.63) is 0 Å². The Morgan fingerprint density at radius 2 is 1.92 bits per heavy atom. The summed E-state index contributed by atoms with van der Waals surface area (Å²) in [5.41, 5.74) is 1.94. The molecular weight excluding hydrogens is 308 g/mol. The van der Waals surface area contributed by atoms with Gasteiger partial charge in [0.25, 0.3) is 11.8 Å². The molecule has 7 heteroatoms. The fourth-order valence-corrected chi connectivity index (χ4v) is 4.26. The monoisotopic (exact) mass is 336 g/mol. The highest BCUT2D eigenvalue weighted by molar-refractivity contribution is 6.07. The first-order valence-corrected chi connectivity index (χ1v) is 9.06. The van der Waals surface area contributed by atoms with Crippen molar-refractivity contribution >= 4 is 17.8 Å². The lowest BCUT2D eigenvalue weighted by atomic mass is 9.73. The smallest absolute Gasteiger partial charge is 0.322 e. The molecule has 0 aromatic carbocycles. The summed E-state index contributed by atoms with van der Waals surface area (Å²) in [5.74, 6) is -0.694. The Morgan fingerprint density at radius 1 is 1.21 bits per heavy atom. The van der Waals surface area contributed by atoms with Crippen molar-refractivity contribution in [1.29, 1.82) is 0 Å². The van der Waals surface area contributed by atoms with Crippen LogP contribution in [0.15, 0.2) is 0 Å². The van der Waals surface area contributed by atoms with E-state index in [4.69, 9.17) is 0 Å². The molecule has 0 radical (unpaired) electrons. The minimum atomic E-state index is -0.926.